The maximum absolute atomic E-state index is 5.95. The number of hydrogen-bond donors (Lipinski definition) is 0. The number of rotatable bonds is 6. The first kappa shape index (κ1) is 17.6. The van der Waals surface area contributed by atoms with Crippen molar-refractivity contribution in [1.82, 2.24) is 25.0 Å². The van der Waals surface area contributed by atoms with E-state index in [0.717, 1.165) is 43.7 Å². The molecular formula is C20H23N5O2. The molecule has 27 heavy (non-hydrogen) atoms. The SMILES string of the molecule is Cc1noc(CN2CCC(COc3cc(-c4ccccc4)ncn3)CC2)n1. The van der Waals surface area contributed by atoms with E-state index in [1.54, 1.807) is 6.33 Å². The van der Waals surface area contributed by atoms with Gasteiger partial charge in [0.05, 0.1) is 18.8 Å². The lowest BCUT2D eigenvalue weighted by Gasteiger charge is -2.30. The predicted octanol–water partition coefficient (Wildman–Crippen LogP) is 3.13. The van der Waals surface area contributed by atoms with E-state index in [2.05, 4.69) is 25.0 Å². The van der Waals surface area contributed by atoms with E-state index in [-0.39, 0.29) is 0 Å². The van der Waals surface area contributed by atoms with Crippen LogP contribution in [0, 0.1) is 12.8 Å². The summed E-state index contributed by atoms with van der Waals surface area (Å²) >= 11 is 0. The normalized spacial score (nSPS) is 15.7. The highest BCUT2D eigenvalue weighted by Crippen LogP contribution is 2.22. The molecule has 7 nitrogen and oxygen atoms in total. The zero-order valence-corrected chi connectivity index (χ0v) is 15.4. The molecule has 1 aliphatic rings. The van der Waals surface area contributed by atoms with Crippen molar-refractivity contribution >= 4 is 0 Å². The monoisotopic (exact) mass is 365 g/mol. The lowest BCUT2D eigenvalue weighted by molar-refractivity contribution is 0.125. The number of nitrogens with zero attached hydrogens (tertiary/aromatic N) is 5. The minimum absolute atomic E-state index is 0.529. The van der Waals surface area contributed by atoms with E-state index in [9.17, 15) is 0 Å². The Morgan fingerprint density at radius 1 is 1.15 bits per heavy atom. The van der Waals surface area contributed by atoms with E-state index in [1.165, 1.54) is 0 Å². The summed E-state index contributed by atoms with van der Waals surface area (Å²) in [5.41, 5.74) is 1.94. The van der Waals surface area contributed by atoms with Gasteiger partial charge in [-0.1, -0.05) is 35.5 Å². The fourth-order valence-electron chi connectivity index (χ4n) is 3.30. The molecule has 3 aromatic rings. The molecule has 0 unspecified atom stereocenters. The van der Waals surface area contributed by atoms with Gasteiger partial charge in [-0.15, -0.1) is 0 Å². The Morgan fingerprint density at radius 2 is 1.96 bits per heavy atom. The molecule has 0 saturated carbocycles. The number of benzene rings is 1. The third-order valence-corrected chi connectivity index (χ3v) is 4.81. The Labute approximate surface area is 158 Å². The van der Waals surface area contributed by atoms with Crippen molar-refractivity contribution < 1.29 is 9.26 Å². The second kappa shape index (κ2) is 8.26. The highest BCUT2D eigenvalue weighted by atomic mass is 16.5. The summed E-state index contributed by atoms with van der Waals surface area (Å²) < 4.78 is 11.2. The first-order chi connectivity index (χ1) is 13.3. The first-order valence-electron chi connectivity index (χ1n) is 9.28. The molecule has 0 N–H and O–H groups in total. The van der Waals surface area contributed by atoms with E-state index < -0.39 is 0 Å². The molecule has 0 spiro atoms. The van der Waals surface area contributed by atoms with Crippen molar-refractivity contribution in [3.63, 3.8) is 0 Å². The molecule has 1 fully saturated rings. The van der Waals surface area contributed by atoms with Gasteiger partial charge in [-0.25, -0.2) is 9.97 Å². The van der Waals surface area contributed by atoms with Crippen molar-refractivity contribution in [2.45, 2.75) is 26.3 Å². The Hall–Kier alpha value is -2.80. The summed E-state index contributed by atoms with van der Waals surface area (Å²) in [7, 11) is 0. The molecule has 0 bridgehead atoms. The lowest BCUT2D eigenvalue weighted by Crippen LogP contribution is -2.35. The lowest BCUT2D eigenvalue weighted by atomic mass is 9.98. The van der Waals surface area contributed by atoms with Crippen molar-refractivity contribution in [2.24, 2.45) is 5.92 Å². The average molecular weight is 365 g/mol. The van der Waals surface area contributed by atoms with Crippen molar-refractivity contribution in [1.29, 1.82) is 0 Å². The summed E-state index contributed by atoms with van der Waals surface area (Å²) in [5.74, 6) is 2.54. The van der Waals surface area contributed by atoms with Gasteiger partial charge in [0.1, 0.15) is 6.33 Å². The Morgan fingerprint density at radius 3 is 2.70 bits per heavy atom. The number of ether oxygens (including phenoxy) is 1. The van der Waals surface area contributed by atoms with Crippen LogP contribution in [0.5, 0.6) is 5.88 Å². The van der Waals surface area contributed by atoms with Gasteiger partial charge in [0.15, 0.2) is 5.82 Å². The van der Waals surface area contributed by atoms with Crippen LogP contribution >= 0.6 is 0 Å². The zero-order valence-electron chi connectivity index (χ0n) is 15.4. The van der Waals surface area contributed by atoms with E-state index in [0.29, 0.717) is 30.1 Å². The van der Waals surface area contributed by atoms with Crippen LogP contribution in [-0.2, 0) is 6.54 Å². The van der Waals surface area contributed by atoms with Crippen LogP contribution < -0.4 is 4.74 Å². The van der Waals surface area contributed by atoms with Crippen LogP contribution in [0.1, 0.15) is 24.6 Å². The smallest absolute Gasteiger partial charge is 0.240 e. The number of aromatic nitrogens is 4. The van der Waals surface area contributed by atoms with Gasteiger partial charge < -0.3 is 9.26 Å². The van der Waals surface area contributed by atoms with Gasteiger partial charge in [-0.3, -0.25) is 4.90 Å². The summed E-state index contributed by atoms with van der Waals surface area (Å²) in [4.78, 5) is 15.2. The number of hydrogen-bond acceptors (Lipinski definition) is 7. The molecule has 1 saturated heterocycles. The third kappa shape index (κ3) is 4.68. The summed E-state index contributed by atoms with van der Waals surface area (Å²) in [6.45, 7) is 5.26. The first-order valence-corrected chi connectivity index (χ1v) is 9.28. The summed E-state index contributed by atoms with van der Waals surface area (Å²) in [6.07, 6.45) is 3.74. The maximum atomic E-state index is 5.95. The highest BCUT2D eigenvalue weighted by Gasteiger charge is 2.21. The van der Waals surface area contributed by atoms with Crippen molar-refractivity contribution in [3.8, 4) is 17.1 Å². The second-order valence-electron chi connectivity index (χ2n) is 6.87. The minimum atomic E-state index is 0.529. The van der Waals surface area contributed by atoms with Gasteiger partial charge in [-0.05, 0) is 38.8 Å². The molecule has 4 rings (SSSR count). The molecule has 0 aliphatic carbocycles. The van der Waals surface area contributed by atoms with Crippen LogP contribution in [-0.4, -0.2) is 44.7 Å². The molecule has 0 amide bonds. The van der Waals surface area contributed by atoms with Crippen molar-refractivity contribution in [2.75, 3.05) is 19.7 Å². The summed E-state index contributed by atoms with van der Waals surface area (Å²) in [5, 5.41) is 3.84. The molecule has 0 atom stereocenters. The fourth-order valence-corrected chi connectivity index (χ4v) is 3.30. The average Bonchev–Trinajstić information content (AvgIpc) is 3.13. The van der Waals surface area contributed by atoms with Crippen LogP contribution in [0.4, 0.5) is 0 Å². The summed E-state index contributed by atoms with van der Waals surface area (Å²) in [6, 6.07) is 12.0. The van der Waals surface area contributed by atoms with Crippen LogP contribution in [0.15, 0.2) is 47.2 Å². The van der Waals surface area contributed by atoms with Gasteiger partial charge in [0.2, 0.25) is 11.8 Å². The minimum Gasteiger partial charge on any atom is -0.477 e. The second-order valence-corrected chi connectivity index (χ2v) is 6.87. The Bertz CT molecular complexity index is 860. The number of aryl methyl sites for hydroxylation is 1. The van der Waals surface area contributed by atoms with Crippen LogP contribution in [0.25, 0.3) is 11.3 Å². The van der Waals surface area contributed by atoms with Gasteiger partial charge in [0.25, 0.3) is 0 Å². The third-order valence-electron chi connectivity index (χ3n) is 4.81. The zero-order chi connectivity index (χ0) is 18.5. The molecule has 1 aromatic carbocycles. The van der Waals surface area contributed by atoms with Crippen molar-refractivity contribution in [3.05, 3.63) is 54.4 Å². The van der Waals surface area contributed by atoms with E-state index in [4.69, 9.17) is 9.26 Å². The standard InChI is InChI=1S/C20H23N5O2/c1-15-23-20(27-24-15)12-25-9-7-16(8-10-25)13-26-19-11-18(21-14-22-19)17-5-3-2-4-6-17/h2-6,11,14,16H,7-10,12-13H2,1H3. The number of piperidine rings is 1. The fraction of sp³-hybridized carbons (Fsp3) is 0.400. The quantitative estimate of drug-likeness (QED) is 0.664. The Kier molecular flexibility index (Phi) is 5.39. The maximum Gasteiger partial charge on any atom is 0.240 e. The topological polar surface area (TPSA) is 77.2 Å². The van der Waals surface area contributed by atoms with Crippen LogP contribution in [0.3, 0.4) is 0 Å². The van der Waals surface area contributed by atoms with E-state index >= 15 is 0 Å². The Balaban J connectivity index is 1.26. The molecule has 3 heterocycles. The molecular weight excluding hydrogens is 342 g/mol. The highest BCUT2D eigenvalue weighted by molar-refractivity contribution is 5.59. The molecule has 2 aromatic heterocycles. The molecule has 0 radical (unpaired) electrons. The van der Waals surface area contributed by atoms with Gasteiger partial charge in [0, 0.05) is 11.6 Å². The molecule has 140 valence electrons. The molecule has 1 aliphatic heterocycles. The largest absolute Gasteiger partial charge is 0.477 e. The van der Waals surface area contributed by atoms with Gasteiger partial charge >= 0.3 is 0 Å². The predicted molar refractivity (Wildman–Crippen MR) is 100.0 cm³/mol. The van der Waals surface area contributed by atoms with E-state index in [1.807, 2.05) is 43.3 Å². The molecule has 7 heteroatoms. The number of likely N-dealkylation sites (tertiary alicyclic amines) is 1. The van der Waals surface area contributed by atoms with Gasteiger partial charge in [-0.2, -0.15) is 4.98 Å². The van der Waals surface area contributed by atoms with Crippen LogP contribution in [0.2, 0.25) is 0 Å².